The molecule has 2 aromatic carbocycles. The maximum Gasteiger partial charge on any atom is 0.264 e. The molecule has 0 radical (unpaired) electrons. The Hall–Kier alpha value is -2.87. The van der Waals surface area contributed by atoms with Crippen molar-refractivity contribution in [3.8, 4) is 5.75 Å². The molecule has 2 aromatic rings. The standard InChI is InChI=1S/C29H41N3O4S/c1-3-36-27-19-21-28(22-20-27)37(34,35)32(26-17-15-24(2)16-18-26)23-29(33)31-30-25-13-11-9-7-5-4-6-8-10-12-14-25/h15-22H,3-14,23H2,1-2H3,(H,31,33). The van der Waals surface area contributed by atoms with Gasteiger partial charge in [-0.2, -0.15) is 5.10 Å². The third-order valence-corrected chi connectivity index (χ3v) is 8.39. The molecular formula is C29H41N3O4S. The zero-order valence-electron chi connectivity index (χ0n) is 22.2. The fourth-order valence-corrected chi connectivity index (χ4v) is 5.89. The molecule has 7 nitrogen and oxygen atoms in total. The molecule has 1 fully saturated rings. The van der Waals surface area contributed by atoms with E-state index in [9.17, 15) is 13.2 Å². The van der Waals surface area contributed by atoms with E-state index in [0.717, 1.165) is 41.3 Å². The zero-order chi connectivity index (χ0) is 26.5. The van der Waals surface area contributed by atoms with Crippen molar-refractivity contribution in [1.29, 1.82) is 0 Å². The largest absolute Gasteiger partial charge is 0.494 e. The van der Waals surface area contributed by atoms with E-state index >= 15 is 0 Å². The predicted molar refractivity (Wildman–Crippen MR) is 150 cm³/mol. The van der Waals surface area contributed by atoms with Crippen LogP contribution in [0.3, 0.4) is 0 Å². The van der Waals surface area contributed by atoms with Gasteiger partial charge in [0.15, 0.2) is 0 Å². The molecule has 0 bridgehead atoms. The summed E-state index contributed by atoms with van der Waals surface area (Å²) in [6.07, 6.45) is 12.6. The molecule has 0 heterocycles. The van der Waals surface area contributed by atoms with Crippen molar-refractivity contribution in [3.63, 3.8) is 0 Å². The summed E-state index contributed by atoms with van der Waals surface area (Å²) < 4.78 is 33.8. The van der Waals surface area contributed by atoms with E-state index in [1.54, 1.807) is 24.3 Å². The SMILES string of the molecule is CCOc1ccc(S(=O)(=O)N(CC(=O)NN=C2CCCCCCCCCCC2)c2ccc(C)cc2)cc1. The number of ether oxygens (including phenoxy) is 1. The lowest BCUT2D eigenvalue weighted by Crippen LogP contribution is -2.39. The van der Waals surface area contributed by atoms with Crippen molar-refractivity contribution in [2.24, 2.45) is 5.10 Å². The van der Waals surface area contributed by atoms with E-state index in [-0.39, 0.29) is 11.4 Å². The second-order valence-electron chi connectivity index (χ2n) is 9.65. The van der Waals surface area contributed by atoms with Crippen molar-refractivity contribution in [1.82, 2.24) is 5.43 Å². The Bertz CT molecular complexity index is 1100. The lowest BCUT2D eigenvalue weighted by Gasteiger charge is -2.24. The first-order valence-corrected chi connectivity index (χ1v) is 15.0. The van der Waals surface area contributed by atoms with Gasteiger partial charge in [-0.05, 0) is 75.9 Å². The monoisotopic (exact) mass is 527 g/mol. The zero-order valence-corrected chi connectivity index (χ0v) is 23.1. The summed E-state index contributed by atoms with van der Waals surface area (Å²) in [5.41, 5.74) is 5.06. The number of hydrogen-bond acceptors (Lipinski definition) is 5. The summed E-state index contributed by atoms with van der Waals surface area (Å²) in [5, 5.41) is 4.44. The van der Waals surface area contributed by atoms with Gasteiger partial charge in [0.2, 0.25) is 0 Å². The number of rotatable bonds is 8. The van der Waals surface area contributed by atoms with Crippen LogP contribution in [0.15, 0.2) is 58.5 Å². The number of nitrogens with one attached hydrogen (secondary N) is 1. The van der Waals surface area contributed by atoms with Crippen LogP contribution in [0, 0.1) is 6.92 Å². The normalized spacial score (nSPS) is 15.7. The lowest BCUT2D eigenvalue weighted by molar-refractivity contribution is -0.119. The predicted octanol–water partition coefficient (Wildman–Crippen LogP) is 6.37. The molecule has 202 valence electrons. The first kappa shape index (κ1) is 28.7. The molecule has 1 aliphatic carbocycles. The number of anilines is 1. The summed E-state index contributed by atoms with van der Waals surface area (Å²) in [6.45, 7) is 3.93. The van der Waals surface area contributed by atoms with Gasteiger partial charge in [0.1, 0.15) is 12.3 Å². The highest BCUT2D eigenvalue weighted by atomic mass is 32.2. The first-order chi connectivity index (χ1) is 17.9. The van der Waals surface area contributed by atoms with Gasteiger partial charge in [-0.15, -0.1) is 0 Å². The van der Waals surface area contributed by atoms with E-state index < -0.39 is 15.9 Å². The number of sulfonamides is 1. The molecule has 1 aliphatic rings. The van der Waals surface area contributed by atoms with E-state index in [0.29, 0.717) is 18.0 Å². The smallest absolute Gasteiger partial charge is 0.264 e. The van der Waals surface area contributed by atoms with Crippen LogP contribution in [0.1, 0.15) is 83.1 Å². The van der Waals surface area contributed by atoms with Crippen molar-refractivity contribution < 1.29 is 17.9 Å². The van der Waals surface area contributed by atoms with E-state index in [4.69, 9.17) is 4.74 Å². The van der Waals surface area contributed by atoms with Gasteiger partial charge in [-0.25, -0.2) is 13.8 Å². The molecule has 37 heavy (non-hydrogen) atoms. The van der Waals surface area contributed by atoms with Gasteiger partial charge < -0.3 is 4.74 Å². The molecule has 0 atom stereocenters. The van der Waals surface area contributed by atoms with Crippen LogP contribution in [-0.2, 0) is 14.8 Å². The Morgan fingerprint density at radius 3 is 1.95 bits per heavy atom. The van der Waals surface area contributed by atoms with Crippen LogP contribution in [0.25, 0.3) is 0 Å². The number of nitrogens with zero attached hydrogens (tertiary/aromatic N) is 2. The first-order valence-electron chi connectivity index (χ1n) is 13.6. The molecule has 0 saturated heterocycles. The third kappa shape index (κ3) is 9.18. The number of amides is 1. The summed E-state index contributed by atoms with van der Waals surface area (Å²) in [5.74, 6) is 0.127. The summed E-state index contributed by atoms with van der Waals surface area (Å²) >= 11 is 0. The fraction of sp³-hybridized carbons (Fsp3) is 0.517. The lowest BCUT2D eigenvalue weighted by atomic mass is 10.00. The maximum absolute atomic E-state index is 13.6. The van der Waals surface area contributed by atoms with Crippen molar-refractivity contribution in [2.75, 3.05) is 17.5 Å². The molecule has 0 spiro atoms. The van der Waals surface area contributed by atoms with E-state index in [2.05, 4.69) is 10.5 Å². The molecule has 1 N–H and O–H groups in total. The van der Waals surface area contributed by atoms with Crippen LogP contribution in [-0.4, -0.2) is 33.2 Å². The Kier molecular flexibility index (Phi) is 11.5. The minimum Gasteiger partial charge on any atom is -0.494 e. The summed E-state index contributed by atoms with van der Waals surface area (Å²) in [6, 6.07) is 13.4. The molecule has 3 rings (SSSR count). The van der Waals surface area contributed by atoms with Gasteiger partial charge >= 0.3 is 0 Å². The average molecular weight is 528 g/mol. The number of hydrogen-bond donors (Lipinski definition) is 1. The topological polar surface area (TPSA) is 88.1 Å². The Morgan fingerprint density at radius 1 is 0.865 bits per heavy atom. The second kappa shape index (κ2) is 14.8. The molecule has 0 aliphatic heterocycles. The average Bonchev–Trinajstić information content (AvgIpc) is 2.88. The summed E-state index contributed by atoms with van der Waals surface area (Å²) in [7, 11) is -4.00. The number of carbonyl (C=O) groups is 1. The third-order valence-electron chi connectivity index (χ3n) is 6.60. The van der Waals surface area contributed by atoms with Crippen molar-refractivity contribution in [2.45, 2.75) is 89.4 Å². The minimum absolute atomic E-state index is 0.0926. The summed E-state index contributed by atoms with van der Waals surface area (Å²) in [4.78, 5) is 13.1. The van der Waals surface area contributed by atoms with Gasteiger partial charge in [-0.1, -0.05) is 62.6 Å². The van der Waals surface area contributed by atoms with Crippen molar-refractivity contribution >= 4 is 27.3 Å². The number of benzene rings is 2. The Balaban J connectivity index is 1.76. The highest BCUT2D eigenvalue weighted by Crippen LogP contribution is 2.25. The molecule has 8 heteroatoms. The highest BCUT2D eigenvalue weighted by Gasteiger charge is 2.27. The molecular weight excluding hydrogens is 486 g/mol. The Labute approximate surface area is 222 Å². The van der Waals surface area contributed by atoms with Crippen LogP contribution in [0.2, 0.25) is 0 Å². The van der Waals surface area contributed by atoms with E-state index in [1.807, 2.05) is 26.0 Å². The molecule has 0 unspecified atom stereocenters. The van der Waals surface area contributed by atoms with E-state index in [1.165, 1.54) is 57.1 Å². The van der Waals surface area contributed by atoms with Crippen LogP contribution < -0.4 is 14.5 Å². The van der Waals surface area contributed by atoms with Gasteiger partial charge in [0, 0.05) is 5.71 Å². The van der Waals surface area contributed by atoms with Crippen LogP contribution in [0.4, 0.5) is 5.69 Å². The van der Waals surface area contributed by atoms with Gasteiger partial charge in [0.25, 0.3) is 15.9 Å². The molecule has 1 amide bonds. The van der Waals surface area contributed by atoms with Crippen LogP contribution >= 0.6 is 0 Å². The van der Waals surface area contributed by atoms with Gasteiger partial charge in [0.05, 0.1) is 17.2 Å². The number of carbonyl (C=O) groups excluding carboxylic acids is 1. The quantitative estimate of drug-likeness (QED) is 0.404. The minimum atomic E-state index is -4.00. The van der Waals surface area contributed by atoms with Gasteiger partial charge in [-0.3, -0.25) is 9.10 Å². The Morgan fingerprint density at radius 2 is 1.41 bits per heavy atom. The van der Waals surface area contributed by atoms with Crippen LogP contribution in [0.5, 0.6) is 5.75 Å². The molecule has 1 saturated carbocycles. The maximum atomic E-state index is 13.6. The highest BCUT2D eigenvalue weighted by molar-refractivity contribution is 7.92. The number of hydrazone groups is 1. The van der Waals surface area contributed by atoms with Crippen molar-refractivity contribution in [3.05, 3.63) is 54.1 Å². The fourth-order valence-electron chi connectivity index (χ4n) is 4.47. The molecule has 0 aromatic heterocycles. The number of aryl methyl sites for hydroxylation is 1. The second-order valence-corrected chi connectivity index (χ2v) is 11.5.